The molecule has 0 spiro atoms. The van der Waals surface area contributed by atoms with E-state index in [0.29, 0.717) is 0 Å². The van der Waals surface area contributed by atoms with Gasteiger partial charge < -0.3 is 9.67 Å². The maximum Gasteiger partial charge on any atom is 0.323 e. The fourth-order valence-electron chi connectivity index (χ4n) is 2.17. The highest BCUT2D eigenvalue weighted by atomic mass is 16.4. The molecule has 0 amide bonds. The van der Waals surface area contributed by atoms with Crippen molar-refractivity contribution in [2.45, 2.75) is 33.7 Å². The predicted molar refractivity (Wildman–Crippen MR) is 70.5 cm³/mol. The lowest BCUT2D eigenvalue weighted by atomic mass is 9.88. The van der Waals surface area contributed by atoms with Gasteiger partial charge in [0.05, 0.1) is 0 Å². The van der Waals surface area contributed by atoms with Crippen molar-refractivity contribution in [3.05, 3.63) is 30.1 Å². The molecule has 4 nitrogen and oxygen atoms in total. The Balaban J connectivity index is 2.50. The Hall–Kier alpha value is -1.84. The normalized spacial score (nSPS) is 11.9. The summed E-state index contributed by atoms with van der Waals surface area (Å²) in [4.78, 5) is 15.1. The van der Waals surface area contributed by atoms with Crippen LogP contribution in [-0.4, -0.2) is 20.6 Å². The molecule has 2 aromatic heterocycles. The molecule has 96 valence electrons. The summed E-state index contributed by atoms with van der Waals surface area (Å²) in [6.07, 6.45) is 4.51. The van der Waals surface area contributed by atoms with Crippen LogP contribution in [0.1, 0.15) is 26.3 Å². The smallest absolute Gasteiger partial charge is 0.323 e. The molecule has 0 atom stereocenters. The first-order valence-corrected chi connectivity index (χ1v) is 6.01. The highest BCUT2D eigenvalue weighted by molar-refractivity contribution is 5.82. The number of carbonyl (C=O) groups is 1. The van der Waals surface area contributed by atoms with Crippen molar-refractivity contribution >= 4 is 17.0 Å². The SMILES string of the molecule is CC(C)(C)Cc1cn(CC(=O)O)c2ncccc12. The van der Waals surface area contributed by atoms with Crippen LogP contribution in [0.15, 0.2) is 24.5 Å². The van der Waals surface area contributed by atoms with Crippen molar-refractivity contribution in [3.63, 3.8) is 0 Å². The molecule has 0 aromatic carbocycles. The lowest BCUT2D eigenvalue weighted by molar-refractivity contribution is -0.137. The second kappa shape index (κ2) is 4.44. The van der Waals surface area contributed by atoms with Crippen molar-refractivity contribution < 1.29 is 9.90 Å². The van der Waals surface area contributed by atoms with Gasteiger partial charge in [0.2, 0.25) is 0 Å². The largest absolute Gasteiger partial charge is 0.480 e. The molecule has 0 saturated heterocycles. The van der Waals surface area contributed by atoms with Crippen molar-refractivity contribution in [2.75, 3.05) is 0 Å². The predicted octanol–water partition coefficient (Wildman–Crippen LogP) is 2.71. The Labute approximate surface area is 106 Å². The van der Waals surface area contributed by atoms with Gasteiger partial charge in [-0.15, -0.1) is 0 Å². The van der Waals surface area contributed by atoms with Gasteiger partial charge in [-0.1, -0.05) is 20.8 Å². The number of rotatable bonds is 3. The third-order valence-corrected chi connectivity index (χ3v) is 2.74. The van der Waals surface area contributed by atoms with E-state index in [9.17, 15) is 4.79 Å². The zero-order valence-electron chi connectivity index (χ0n) is 11.0. The van der Waals surface area contributed by atoms with Crippen LogP contribution in [0.4, 0.5) is 0 Å². The van der Waals surface area contributed by atoms with Gasteiger partial charge in [0.15, 0.2) is 0 Å². The number of hydrogen-bond acceptors (Lipinski definition) is 2. The molecule has 4 heteroatoms. The van der Waals surface area contributed by atoms with Gasteiger partial charge in [0.25, 0.3) is 0 Å². The maximum atomic E-state index is 10.9. The summed E-state index contributed by atoms with van der Waals surface area (Å²) in [7, 11) is 0. The molecule has 2 aromatic rings. The first kappa shape index (κ1) is 12.6. The summed E-state index contributed by atoms with van der Waals surface area (Å²) in [5.41, 5.74) is 2.07. The van der Waals surface area contributed by atoms with E-state index in [1.165, 1.54) is 0 Å². The van der Waals surface area contributed by atoms with Gasteiger partial charge in [0.1, 0.15) is 12.2 Å². The highest BCUT2D eigenvalue weighted by Gasteiger charge is 2.17. The first-order valence-electron chi connectivity index (χ1n) is 6.01. The van der Waals surface area contributed by atoms with Gasteiger partial charge in [-0.3, -0.25) is 4.79 Å². The molecule has 0 bridgehead atoms. The number of nitrogens with zero attached hydrogens (tertiary/aromatic N) is 2. The van der Waals surface area contributed by atoms with Crippen molar-refractivity contribution in [1.82, 2.24) is 9.55 Å². The van der Waals surface area contributed by atoms with Crippen molar-refractivity contribution in [2.24, 2.45) is 5.41 Å². The van der Waals surface area contributed by atoms with Crippen LogP contribution in [-0.2, 0) is 17.8 Å². The number of aromatic nitrogens is 2. The van der Waals surface area contributed by atoms with E-state index >= 15 is 0 Å². The van der Waals surface area contributed by atoms with Crippen LogP contribution in [0.2, 0.25) is 0 Å². The average Bonchev–Trinajstić information content (AvgIpc) is 2.54. The lowest BCUT2D eigenvalue weighted by Gasteiger charge is -2.17. The van der Waals surface area contributed by atoms with E-state index in [2.05, 4.69) is 25.8 Å². The zero-order chi connectivity index (χ0) is 13.3. The Morgan fingerprint density at radius 2 is 2.17 bits per heavy atom. The number of pyridine rings is 1. The molecule has 1 N–H and O–H groups in total. The van der Waals surface area contributed by atoms with Gasteiger partial charge in [-0.05, 0) is 29.5 Å². The van der Waals surface area contributed by atoms with Crippen LogP contribution in [0.3, 0.4) is 0 Å². The fourth-order valence-corrected chi connectivity index (χ4v) is 2.17. The summed E-state index contributed by atoms with van der Waals surface area (Å²) >= 11 is 0. The molecular formula is C14H18N2O2. The molecule has 0 aliphatic carbocycles. The molecule has 2 rings (SSSR count). The van der Waals surface area contributed by atoms with Crippen LogP contribution in [0.25, 0.3) is 11.0 Å². The topological polar surface area (TPSA) is 55.1 Å². The van der Waals surface area contributed by atoms with Gasteiger partial charge in [-0.25, -0.2) is 4.98 Å². The molecule has 0 radical (unpaired) electrons. The van der Waals surface area contributed by atoms with E-state index < -0.39 is 5.97 Å². The molecule has 0 unspecified atom stereocenters. The molecule has 0 fully saturated rings. The number of carboxylic acids is 1. The molecule has 18 heavy (non-hydrogen) atoms. The summed E-state index contributed by atoms with van der Waals surface area (Å²) in [5, 5.41) is 9.97. The van der Waals surface area contributed by atoms with Crippen molar-refractivity contribution in [3.8, 4) is 0 Å². The number of fused-ring (bicyclic) bond motifs is 1. The minimum Gasteiger partial charge on any atom is -0.480 e. The second-order valence-corrected chi connectivity index (χ2v) is 5.79. The average molecular weight is 246 g/mol. The third-order valence-electron chi connectivity index (χ3n) is 2.74. The van der Waals surface area contributed by atoms with E-state index in [0.717, 1.165) is 23.0 Å². The Morgan fingerprint density at radius 3 is 2.78 bits per heavy atom. The van der Waals surface area contributed by atoms with Crippen LogP contribution < -0.4 is 0 Å². The maximum absolute atomic E-state index is 10.9. The van der Waals surface area contributed by atoms with Crippen LogP contribution >= 0.6 is 0 Å². The Bertz CT molecular complexity index is 579. The molecule has 0 aliphatic rings. The Kier molecular flexibility index (Phi) is 3.11. The van der Waals surface area contributed by atoms with Gasteiger partial charge in [-0.2, -0.15) is 0 Å². The van der Waals surface area contributed by atoms with E-state index in [1.807, 2.05) is 18.3 Å². The number of aliphatic carboxylic acids is 1. The third kappa shape index (κ3) is 2.70. The highest BCUT2D eigenvalue weighted by Crippen LogP contribution is 2.27. The molecule has 0 aliphatic heterocycles. The van der Waals surface area contributed by atoms with E-state index in [4.69, 9.17) is 5.11 Å². The summed E-state index contributed by atoms with van der Waals surface area (Å²) < 4.78 is 1.71. The van der Waals surface area contributed by atoms with Crippen molar-refractivity contribution in [1.29, 1.82) is 0 Å². The van der Waals surface area contributed by atoms with Crippen LogP contribution in [0.5, 0.6) is 0 Å². The Morgan fingerprint density at radius 1 is 1.44 bits per heavy atom. The van der Waals surface area contributed by atoms with E-state index in [1.54, 1.807) is 10.8 Å². The minimum atomic E-state index is -0.847. The molecular weight excluding hydrogens is 228 g/mol. The lowest BCUT2D eigenvalue weighted by Crippen LogP contribution is -2.09. The van der Waals surface area contributed by atoms with Gasteiger partial charge >= 0.3 is 5.97 Å². The first-order chi connectivity index (χ1) is 8.37. The quantitative estimate of drug-likeness (QED) is 0.906. The monoisotopic (exact) mass is 246 g/mol. The number of hydrogen-bond donors (Lipinski definition) is 1. The minimum absolute atomic E-state index is 0.0440. The van der Waals surface area contributed by atoms with Crippen LogP contribution in [0, 0.1) is 5.41 Å². The standard InChI is InChI=1S/C14H18N2O2/c1-14(2,3)7-10-8-16(9-12(17)18)13-11(10)5-4-6-15-13/h4-6,8H,7,9H2,1-3H3,(H,17,18). The zero-order valence-corrected chi connectivity index (χ0v) is 11.0. The fraction of sp³-hybridized carbons (Fsp3) is 0.429. The second-order valence-electron chi connectivity index (χ2n) is 5.79. The van der Waals surface area contributed by atoms with E-state index in [-0.39, 0.29) is 12.0 Å². The summed E-state index contributed by atoms with van der Waals surface area (Å²) in [6, 6.07) is 3.89. The van der Waals surface area contributed by atoms with Gasteiger partial charge in [0, 0.05) is 17.8 Å². The summed E-state index contributed by atoms with van der Waals surface area (Å²) in [5.74, 6) is -0.847. The summed E-state index contributed by atoms with van der Waals surface area (Å²) in [6.45, 7) is 6.47. The molecule has 2 heterocycles. The molecule has 0 saturated carbocycles. The number of carboxylic acid groups (broad SMARTS) is 1.